The van der Waals surface area contributed by atoms with Crippen molar-refractivity contribution in [1.82, 2.24) is 15.2 Å². The summed E-state index contributed by atoms with van der Waals surface area (Å²) in [7, 11) is 0. The Morgan fingerprint density at radius 2 is 2.10 bits per heavy atom. The van der Waals surface area contributed by atoms with E-state index in [1.54, 1.807) is 0 Å². The lowest BCUT2D eigenvalue weighted by molar-refractivity contribution is 0.0341. The van der Waals surface area contributed by atoms with Crippen LogP contribution in [0.25, 0.3) is 0 Å². The van der Waals surface area contributed by atoms with Crippen molar-refractivity contribution in [2.45, 2.75) is 52.7 Å². The summed E-state index contributed by atoms with van der Waals surface area (Å²) in [5.41, 5.74) is 1.30. The van der Waals surface area contributed by atoms with Crippen molar-refractivity contribution >= 4 is 11.3 Å². The van der Waals surface area contributed by atoms with Gasteiger partial charge in [-0.1, -0.05) is 27.2 Å². The summed E-state index contributed by atoms with van der Waals surface area (Å²) in [5.74, 6) is 0. The number of aromatic nitrogens is 1. The molecule has 0 spiro atoms. The summed E-state index contributed by atoms with van der Waals surface area (Å²) in [6.07, 6.45) is 2.25. The van der Waals surface area contributed by atoms with Gasteiger partial charge in [-0.25, -0.2) is 4.98 Å². The van der Waals surface area contributed by atoms with Crippen LogP contribution in [-0.4, -0.2) is 42.2 Å². The maximum atomic E-state index is 5.40. The highest BCUT2D eigenvalue weighted by atomic mass is 32.1. The van der Waals surface area contributed by atoms with E-state index in [-0.39, 0.29) is 0 Å². The van der Waals surface area contributed by atoms with Crippen molar-refractivity contribution in [1.29, 1.82) is 0 Å². The van der Waals surface area contributed by atoms with Gasteiger partial charge < -0.3 is 10.1 Å². The van der Waals surface area contributed by atoms with Crippen LogP contribution in [-0.2, 0) is 24.2 Å². The van der Waals surface area contributed by atoms with Gasteiger partial charge in [0.1, 0.15) is 5.01 Å². The topological polar surface area (TPSA) is 37.4 Å². The first-order valence-electron chi connectivity index (χ1n) is 7.70. The van der Waals surface area contributed by atoms with E-state index >= 15 is 0 Å². The largest absolute Gasteiger partial charge is 0.379 e. The molecule has 4 nitrogen and oxygen atoms in total. The van der Waals surface area contributed by atoms with Crippen LogP contribution in [0.2, 0.25) is 0 Å². The zero-order chi connectivity index (χ0) is 14.4. The Bertz CT molecular complexity index is 400. The number of nitrogens with zero attached hydrogens (tertiary/aromatic N) is 2. The Balaban J connectivity index is 1.99. The van der Waals surface area contributed by atoms with Crippen molar-refractivity contribution in [2.75, 3.05) is 26.3 Å². The molecule has 0 bridgehead atoms. The van der Waals surface area contributed by atoms with E-state index in [4.69, 9.17) is 9.72 Å². The molecule has 1 aliphatic rings. The Labute approximate surface area is 126 Å². The van der Waals surface area contributed by atoms with Crippen molar-refractivity contribution in [3.63, 3.8) is 0 Å². The smallest absolute Gasteiger partial charge is 0.107 e. The number of ether oxygens (including phenoxy) is 1. The van der Waals surface area contributed by atoms with Gasteiger partial charge in [-0.05, 0) is 6.42 Å². The van der Waals surface area contributed by atoms with Crippen molar-refractivity contribution in [3.05, 3.63) is 15.6 Å². The van der Waals surface area contributed by atoms with E-state index in [9.17, 15) is 0 Å². The Morgan fingerprint density at radius 1 is 1.35 bits per heavy atom. The molecule has 5 heteroatoms. The highest BCUT2D eigenvalue weighted by molar-refractivity contribution is 7.11. The van der Waals surface area contributed by atoms with Crippen LogP contribution in [0.5, 0.6) is 0 Å². The second-order valence-electron chi connectivity index (χ2n) is 5.65. The minimum atomic E-state index is 0.522. The maximum Gasteiger partial charge on any atom is 0.107 e. The van der Waals surface area contributed by atoms with E-state index in [0.717, 1.165) is 52.2 Å². The normalized spacial score (nSPS) is 17.0. The van der Waals surface area contributed by atoms with E-state index in [1.807, 2.05) is 11.3 Å². The number of thiazole rings is 1. The first-order valence-corrected chi connectivity index (χ1v) is 8.51. The molecule has 0 unspecified atom stereocenters. The molecule has 1 aromatic heterocycles. The van der Waals surface area contributed by atoms with E-state index < -0.39 is 0 Å². The molecule has 1 aromatic rings. The third-order valence-corrected chi connectivity index (χ3v) is 4.53. The molecule has 2 heterocycles. The van der Waals surface area contributed by atoms with Crippen LogP contribution in [0, 0.1) is 0 Å². The molecule has 0 aromatic carbocycles. The van der Waals surface area contributed by atoms with Gasteiger partial charge >= 0.3 is 0 Å². The van der Waals surface area contributed by atoms with Crippen LogP contribution in [0.1, 0.15) is 42.8 Å². The summed E-state index contributed by atoms with van der Waals surface area (Å²) in [6, 6.07) is 0.522. The molecule has 1 aliphatic heterocycles. The summed E-state index contributed by atoms with van der Waals surface area (Å²) in [4.78, 5) is 8.73. The highest BCUT2D eigenvalue weighted by Gasteiger charge is 2.15. The number of morpholine rings is 1. The third kappa shape index (κ3) is 4.81. The maximum absolute atomic E-state index is 5.40. The molecule has 0 saturated carbocycles. The number of hydrogen-bond donors (Lipinski definition) is 1. The van der Waals surface area contributed by atoms with E-state index in [0.29, 0.717) is 6.04 Å². The minimum Gasteiger partial charge on any atom is -0.379 e. The van der Waals surface area contributed by atoms with Crippen LogP contribution in [0.3, 0.4) is 0 Å². The molecule has 0 atom stereocenters. The fourth-order valence-corrected chi connectivity index (χ4v) is 3.43. The van der Waals surface area contributed by atoms with Gasteiger partial charge in [-0.3, -0.25) is 4.90 Å². The molecule has 114 valence electrons. The number of nitrogens with one attached hydrogen (secondary N) is 1. The zero-order valence-corrected chi connectivity index (χ0v) is 13.8. The predicted octanol–water partition coefficient (Wildman–Crippen LogP) is 2.43. The molecule has 1 N–H and O–H groups in total. The first-order chi connectivity index (χ1) is 9.69. The van der Waals surface area contributed by atoms with Crippen LogP contribution in [0.15, 0.2) is 0 Å². The molecule has 0 radical (unpaired) electrons. The van der Waals surface area contributed by atoms with Crippen molar-refractivity contribution in [3.8, 4) is 0 Å². The molecular formula is C15H27N3OS. The number of rotatable bonds is 7. The summed E-state index contributed by atoms with van der Waals surface area (Å²) >= 11 is 1.88. The minimum absolute atomic E-state index is 0.522. The molecule has 0 aliphatic carbocycles. The van der Waals surface area contributed by atoms with Crippen molar-refractivity contribution < 1.29 is 4.74 Å². The molecular weight excluding hydrogens is 270 g/mol. The average Bonchev–Trinajstić information content (AvgIpc) is 2.80. The van der Waals surface area contributed by atoms with Crippen molar-refractivity contribution in [2.24, 2.45) is 0 Å². The fourth-order valence-electron chi connectivity index (χ4n) is 2.32. The molecule has 1 fully saturated rings. The summed E-state index contributed by atoms with van der Waals surface area (Å²) < 4.78 is 5.40. The Hall–Kier alpha value is -0.490. The monoisotopic (exact) mass is 297 g/mol. The van der Waals surface area contributed by atoms with Gasteiger partial charge in [0.15, 0.2) is 0 Å². The first kappa shape index (κ1) is 15.9. The quantitative estimate of drug-likeness (QED) is 0.839. The summed E-state index contributed by atoms with van der Waals surface area (Å²) in [6.45, 7) is 12.3. The lowest BCUT2D eigenvalue weighted by atomic mass is 10.2. The average molecular weight is 297 g/mol. The Kier molecular flexibility index (Phi) is 6.42. The van der Waals surface area contributed by atoms with E-state index in [1.165, 1.54) is 15.6 Å². The highest BCUT2D eigenvalue weighted by Crippen LogP contribution is 2.22. The van der Waals surface area contributed by atoms with E-state index in [2.05, 4.69) is 31.0 Å². The van der Waals surface area contributed by atoms with Gasteiger partial charge in [0.05, 0.1) is 25.5 Å². The van der Waals surface area contributed by atoms with Gasteiger partial charge in [-0.15, -0.1) is 11.3 Å². The van der Waals surface area contributed by atoms with Gasteiger partial charge in [0, 0.05) is 30.6 Å². The lowest BCUT2D eigenvalue weighted by Gasteiger charge is -2.25. The number of aryl methyl sites for hydroxylation is 1. The van der Waals surface area contributed by atoms with Gasteiger partial charge in [-0.2, -0.15) is 0 Å². The molecule has 2 rings (SSSR count). The summed E-state index contributed by atoms with van der Waals surface area (Å²) in [5, 5.41) is 4.77. The Morgan fingerprint density at radius 3 is 2.75 bits per heavy atom. The lowest BCUT2D eigenvalue weighted by Crippen LogP contribution is -2.35. The third-order valence-electron chi connectivity index (χ3n) is 3.44. The molecule has 0 amide bonds. The van der Waals surface area contributed by atoms with Crippen LogP contribution in [0.4, 0.5) is 0 Å². The number of hydrogen-bond acceptors (Lipinski definition) is 5. The standard InChI is InChI=1S/C15H27N3OS/c1-4-5-13-14(10-16-12(2)3)20-15(17-13)11-18-6-8-19-9-7-18/h12,16H,4-11H2,1-3H3. The molecule has 1 saturated heterocycles. The second-order valence-corrected chi connectivity index (χ2v) is 6.82. The molecule has 20 heavy (non-hydrogen) atoms. The SMILES string of the molecule is CCCc1nc(CN2CCOCC2)sc1CNC(C)C. The fraction of sp³-hybridized carbons (Fsp3) is 0.800. The van der Waals surface area contributed by atoms with Crippen LogP contribution >= 0.6 is 11.3 Å². The zero-order valence-electron chi connectivity index (χ0n) is 12.9. The van der Waals surface area contributed by atoms with Gasteiger partial charge in [0.2, 0.25) is 0 Å². The van der Waals surface area contributed by atoms with Crippen LogP contribution < -0.4 is 5.32 Å². The predicted molar refractivity (Wildman–Crippen MR) is 84.2 cm³/mol. The second kappa shape index (κ2) is 8.08. The van der Waals surface area contributed by atoms with Gasteiger partial charge in [0.25, 0.3) is 0 Å².